The Morgan fingerprint density at radius 2 is 2.32 bits per heavy atom. The Kier molecular flexibility index (Phi) is 4.39. The summed E-state index contributed by atoms with van der Waals surface area (Å²) < 4.78 is 7.25. The predicted molar refractivity (Wildman–Crippen MR) is 91.9 cm³/mol. The van der Waals surface area contributed by atoms with Crippen molar-refractivity contribution < 1.29 is 9.53 Å². The van der Waals surface area contributed by atoms with E-state index in [1.54, 1.807) is 17.1 Å². The van der Waals surface area contributed by atoms with Crippen molar-refractivity contribution in [3.05, 3.63) is 54.0 Å². The van der Waals surface area contributed by atoms with Gasteiger partial charge < -0.3 is 10.1 Å². The number of fused-ring (bicyclic) bond motifs is 1. The molecule has 128 valence electrons. The lowest BCUT2D eigenvalue weighted by molar-refractivity contribution is 0.0929. The SMILES string of the molecule is O=C(NCc1ccc2ncccc2c1)c1cn(CC2CCCO2)nn1. The molecule has 0 saturated carbocycles. The summed E-state index contributed by atoms with van der Waals surface area (Å²) in [5.41, 5.74) is 2.27. The van der Waals surface area contributed by atoms with Crippen LogP contribution in [0.1, 0.15) is 28.9 Å². The second kappa shape index (κ2) is 6.98. The van der Waals surface area contributed by atoms with Crippen LogP contribution in [-0.4, -0.2) is 38.6 Å². The Bertz CT molecular complexity index is 886. The number of benzene rings is 1. The Morgan fingerprint density at radius 1 is 1.36 bits per heavy atom. The van der Waals surface area contributed by atoms with Gasteiger partial charge in [-0.2, -0.15) is 0 Å². The zero-order chi connectivity index (χ0) is 17.1. The number of nitrogens with zero attached hydrogens (tertiary/aromatic N) is 4. The van der Waals surface area contributed by atoms with Crippen molar-refractivity contribution in [2.45, 2.75) is 32.0 Å². The quantitative estimate of drug-likeness (QED) is 0.769. The standard InChI is InChI=1S/C18H19N5O2/c24-18(17-12-23(22-21-17)11-15-4-2-8-25-15)20-10-13-5-6-16-14(9-13)3-1-7-19-16/h1,3,5-7,9,12,15H,2,4,8,10-11H2,(H,20,24). The third-order valence-corrected chi connectivity index (χ3v) is 4.31. The number of pyridine rings is 1. The van der Waals surface area contributed by atoms with Crippen LogP contribution in [0.15, 0.2) is 42.7 Å². The first-order valence-corrected chi connectivity index (χ1v) is 8.41. The monoisotopic (exact) mass is 337 g/mol. The van der Waals surface area contributed by atoms with Crippen molar-refractivity contribution >= 4 is 16.8 Å². The number of carbonyl (C=O) groups is 1. The zero-order valence-electron chi connectivity index (χ0n) is 13.8. The van der Waals surface area contributed by atoms with Crippen LogP contribution in [0.25, 0.3) is 10.9 Å². The van der Waals surface area contributed by atoms with E-state index >= 15 is 0 Å². The molecule has 1 saturated heterocycles. The first kappa shape index (κ1) is 15.7. The molecule has 1 N–H and O–H groups in total. The van der Waals surface area contributed by atoms with Gasteiger partial charge in [-0.05, 0) is 36.6 Å². The largest absolute Gasteiger partial charge is 0.376 e. The lowest BCUT2D eigenvalue weighted by Crippen LogP contribution is -2.23. The van der Waals surface area contributed by atoms with E-state index in [4.69, 9.17) is 4.74 Å². The molecule has 0 spiro atoms. The van der Waals surface area contributed by atoms with Crippen molar-refractivity contribution in [3.63, 3.8) is 0 Å². The minimum Gasteiger partial charge on any atom is -0.376 e. The summed E-state index contributed by atoms with van der Waals surface area (Å²) >= 11 is 0. The summed E-state index contributed by atoms with van der Waals surface area (Å²) in [7, 11) is 0. The van der Waals surface area contributed by atoms with Crippen molar-refractivity contribution in [1.29, 1.82) is 0 Å². The second-order valence-electron chi connectivity index (χ2n) is 6.17. The maximum Gasteiger partial charge on any atom is 0.273 e. The van der Waals surface area contributed by atoms with E-state index in [1.165, 1.54) is 0 Å². The van der Waals surface area contributed by atoms with Crippen LogP contribution in [0.2, 0.25) is 0 Å². The van der Waals surface area contributed by atoms with Crippen molar-refractivity contribution in [3.8, 4) is 0 Å². The molecule has 1 amide bonds. The summed E-state index contributed by atoms with van der Waals surface area (Å²) in [4.78, 5) is 16.6. The molecule has 1 fully saturated rings. The van der Waals surface area contributed by atoms with E-state index in [0.717, 1.165) is 35.9 Å². The Balaban J connectivity index is 1.37. The first-order valence-electron chi connectivity index (χ1n) is 8.41. The van der Waals surface area contributed by atoms with Gasteiger partial charge in [-0.25, -0.2) is 4.68 Å². The van der Waals surface area contributed by atoms with E-state index in [1.807, 2.05) is 30.3 Å². The highest BCUT2D eigenvalue weighted by Gasteiger charge is 2.18. The topological polar surface area (TPSA) is 81.9 Å². The van der Waals surface area contributed by atoms with Crippen LogP contribution in [0.3, 0.4) is 0 Å². The van der Waals surface area contributed by atoms with E-state index in [9.17, 15) is 4.79 Å². The molecule has 0 radical (unpaired) electrons. The molecule has 3 aromatic rings. The van der Waals surface area contributed by atoms with E-state index in [0.29, 0.717) is 18.8 Å². The molecular weight excluding hydrogens is 318 g/mol. The van der Waals surface area contributed by atoms with E-state index in [-0.39, 0.29) is 12.0 Å². The lowest BCUT2D eigenvalue weighted by Gasteiger charge is -2.07. The van der Waals surface area contributed by atoms with E-state index < -0.39 is 0 Å². The highest BCUT2D eigenvalue weighted by atomic mass is 16.5. The average Bonchev–Trinajstić information content (AvgIpc) is 3.32. The number of hydrogen-bond donors (Lipinski definition) is 1. The van der Waals surface area contributed by atoms with Crippen LogP contribution >= 0.6 is 0 Å². The predicted octanol–water partition coefficient (Wildman–Crippen LogP) is 1.94. The highest BCUT2D eigenvalue weighted by molar-refractivity contribution is 5.91. The number of nitrogens with one attached hydrogen (secondary N) is 1. The van der Waals surface area contributed by atoms with Gasteiger partial charge in [0.05, 0.1) is 24.4 Å². The summed E-state index contributed by atoms with van der Waals surface area (Å²) in [6.45, 7) is 1.87. The van der Waals surface area contributed by atoms with Gasteiger partial charge in [-0.3, -0.25) is 9.78 Å². The molecule has 2 aromatic heterocycles. The van der Waals surface area contributed by atoms with Gasteiger partial charge >= 0.3 is 0 Å². The fraction of sp³-hybridized carbons (Fsp3) is 0.333. The molecule has 1 aliphatic heterocycles. The molecule has 7 nitrogen and oxygen atoms in total. The molecule has 1 aromatic carbocycles. The highest BCUT2D eigenvalue weighted by Crippen LogP contribution is 2.14. The molecule has 3 heterocycles. The minimum atomic E-state index is -0.232. The maximum absolute atomic E-state index is 12.3. The molecule has 0 bridgehead atoms. The number of amides is 1. The van der Waals surface area contributed by atoms with E-state index in [2.05, 4.69) is 20.6 Å². The zero-order valence-corrected chi connectivity index (χ0v) is 13.8. The number of carbonyl (C=O) groups excluding carboxylic acids is 1. The van der Waals surface area contributed by atoms with Gasteiger partial charge in [0, 0.05) is 24.7 Å². The van der Waals surface area contributed by atoms with Crippen LogP contribution in [0.5, 0.6) is 0 Å². The van der Waals surface area contributed by atoms with Gasteiger partial charge in [-0.1, -0.05) is 17.3 Å². The van der Waals surface area contributed by atoms with Crippen LogP contribution in [0.4, 0.5) is 0 Å². The number of ether oxygens (including phenoxy) is 1. The molecular formula is C18H19N5O2. The summed E-state index contributed by atoms with van der Waals surface area (Å²) in [6.07, 6.45) is 5.71. The Labute approximate surface area is 145 Å². The molecule has 0 aliphatic carbocycles. The minimum absolute atomic E-state index is 0.170. The molecule has 1 aliphatic rings. The number of hydrogen-bond acceptors (Lipinski definition) is 5. The summed E-state index contributed by atoms with van der Waals surface area (Å²) in [5, 5.41) is 11.9. The normalized spacial score (nSPS) is 17.0. The van der Waals surface area contributed by atoms with Crippen molar-refractivity contribution in [1.82, 2.24) is 25.3 Å². The Hall–Kier alpha value is -2.80. The third kappa shape index (κ3) is 3.66. The van der Waals surface area contributed by atoms with Gasteiger partial charge in [0.15, 0.2) is 5.69 Å². The molecule has 7 heteroatoms. The van der Waals surface area contributed by atoms with Gasteiger partial charge in [-0.15, -0.1) is 5.10 Å². The Morgan fingerprint density at radius 3 is 3.20 bits per heavy atom. The lowest BCUT2D eigenvalue weighted by atomic mass is 10.1. The van der Waals surface area contributed by atoms with Crippen LogP contribution in [-0.2, 0) is 17.8 Å². The fourth-order valence-corrected chi connectivity index (χ4v) is 3.00. The van der Waals surface area contributed by atoms with Crippen LogP contribution < -0.4 is 5.32 Å². The van der Waals surface area contributed by atoms with Crippen LogP contribution in [0, 0.1) is 0 Å². The number of rotatable bonds is 5. The summed E-state index contributed by atoms with van der Waals surface area (Å²) in [6, 6.07) is 9.84. The smallest absolute Gasteiger partial charge is 0.273 e. The fourth-order valence-electron chi connectivity index (χ4n) is 3.00. The molecule has 1 atom stereocenters. The van der Waals surface area contributed by atoms with Gasteiger partial charge in [0.25, 0.3) is 5.91 Å². The van der Waals surface area contributed by atoms with Gasteiger partial charge in [0.2, 0.25) is 0 Å². The van der Waals surface area contributed by atoms with Crippen molar-refractivity contribution in [2.75, 3.05) is 6.61 Å². The van der Waals surface area contributed by atoms with Gasteiger partial charge in [0.1, 0.15) is 0 Å². The maximum atomic E-state index is 12.3. The molecule has 25 heavy (non-hydrogen) atoms. The molecule has 4 rings (SSSR count). The third-order valence-electron chi connectivity index (χ3n) is 4.31. The number of aromatic nitrogens is 4. The van der Waals surface area contributed by atoms with Crippen molar-refractivity contribution in [2.24, 2.45) is 0 Å². The summed E-state index contributed by atoms with van der Waals surface area (Å²) in [5.74, 6) is -0.232. The molecule has 1 unspecified atom stereocenters. The average molecular weight is 337 g/mol. The first-order chi connectivity index (χ1) is 12.3. The second-order valence-corrected chi connectivity index (χ2v) is 6.17.